The van der Waals surface area contributed by atoms with Gasteiger partial charge in [-0.2, -0.15) is 23.5 Å². The van der Waals surface area contributed by atoms with Crippen LogP contribution in [0.2, 0.25) is 0 Å². The number of aromatic nitrogens is 2. The summed E-state index contributed by atoms with van der Waals surface area (Å²) in [5, 5.41) is 25.3. The van der Waals surface area contributed by atoms with Crippen molar-refractivity contribution in [2.45, 2.75) is 151 Å². The first kappa shape index (κ1) is 38.7. The average Bonchev–Trinajstić information content (AvgIpc) is 3.52. The van der Waals surface area contributed by atoms with E-state index in [9.17, 15) is 31.5 Å². The molecule has 0 radical (unpaired) electrons. The van der Waals surface area contributed by atoms with E-state index in [0.29, 0.717) is 11.5 Å². The van der Waals surface area contributed by atoms with Gasteiger partial charge in [0.05, 0.1) is 33.5 Å². The lowest BCUT2D eigenvalue weighted by atomic mass is 9.96. The van der Waals surface area contributed by atoms with Gasteiger partial charge < -0.3 is 10.0 Å². The van der Waals surface area contributed by atoms with E-state index >= 15 is 0 Å². The van der Waals surface area contributed by atoms with Crippen molar-refractivity contribution in [1.82, 2.24) is 15.1 Å². The van der Waals surface area contributed by atoms with Crippen molar-refractivity contribution in [3.63, 3.8) is 0 Å². The predicted molar refractivity (Wildman–Crippen MR) is 183 cm³/mol. The number of aryl methyl sites for hydroxylation is 1. The molecule has 1 aromatic heterocycles. The number of sulfone groups is 1. The zero-order chi connectivity index (χ0) is 35.7. The lowest BCUT2D eigenvalue weighted by Crippen LogP contribution is -2.38. The number of nitriles is 1. The fourth-order valence-electron chi connectivity index (χ4n) is 6.99. The molecule has 2 heterocycles. The van der Waals surface area contributed by atoms with Gasteiger partial charge in [0, 0.05) is 12.6 Å². The number of benzene rings is 1. The Balaban J connectivity index is 0.000000284. The first-order valence-corrected chi connectivity index (χ1v) is 19.5. The number of unbranched alkanes of at least 4 members (excludes halogenated alkanes) is 7. The molecule has 9 nitrogen and oxygen atoms in total. The fraction of sp³-hybridized carbons (Fsp3) is 0.694. The lowest BCUT2D eigenvalue weighted by Gasteiger charge is -2.29. The smallest absolute Gasteiger partial charge is 0.417 e. The largest absolute Gasteiger partial charge is 0.480 e. The molecule has 5 rings (SSSR count). The van der Waals surface area contributed by atoms with Crippen LogP contribution in [0.3, 0.4) is 0 Å². The summed E-state index contributed by atoms with van der Waals surface area (Å²) in [6, 6.07) is 7.04. The van der Waals surface area contributed by atoms with Crippen molar-refractivity contribution in [2.24, 2.45) is 0 Å². The van der Waals surface area contributed by atoms with Gasteiger partial charge >= 0.3 is 12.1 Å². The third-order valence-corrected chi connectivity index (χ3v) is 12.2. The maximum Gasteiger partial charge on any atom is 0.417 e. The standard InChI is InChI=1S/C22H26F3N3O4S.C14H26N2/c1-14-11-20(28(26-14)15-7-3-2-4-8-15)27-13-16(12-18(27)21(29)30)33(31,32)19-10-6-5-9-17(19)22(23,24)25;1-2-3-4-5-6-7-8-9-12-16-14(13-15)10-11-14/h5-6,9-11,15-16,18H,2-4,7-8,12-13H2,1H3,(H,29,30);16H,2-12H2,1H3/t16-,18+;/m1./s1. The van der Waals surface area contributed by atoms with Gasteiger partial charge in [0.25, 0.3) is 0 Å². The van der Waals surface area contributed by atoms with Crippen LogP contribution < -0.4 is 10.2 Å². The molecule has 0 spiro atoms. The molecule has 49 heavy (non-hydrogen) atoms. The molecule has 13 heteroatoms. The van der Waals surface area contributed by atoms with Crippen molar-refractivity contribution >= 4 is 21.6 Å². The van der Waals surface area contributed by atoms with E-state index in [-0.39, 0.29) is 24.5 Å². The average molecular weight is 708 g/mol. The molecule has 2 atom stereocenters. The first-order valence-electron chi connectivity index (χ1n) is 17.9. The second kappa shape index (κ2) is 17.2. The Morgan fingerprint density at radius 3 is 2.29 bits per heavy atom. The van der Waals surface area contributed by atoms with Crippen LogP contribution in [0.4, 0.5) is 19.0 Å². The minimum Gasteiger partial charge on any atom is -0.480 e. The number of carboxylic acid groups (broad SMARTS) is 1. The molecule has 1 saturated heterocycles. The Morgan fingerprint density at radius 2 is 1.69 bits per heavy atom. The second-order valence-corrected chi connectivity index (χ2v) is 16.1. The predicted octanol–water partition coefficient (Wildman–Crippen LogP) is 7.99. The van der Waals surface area contributed by atoms with Crippen molar-refractivity contribution in [3.05, 3.63) is 41.6 Å². The Kier molecular flexibility index (Phi) is 13.6. The Morgan fingerprint density at radius 1 is 1.06 bits per heavy atom. The number of alkyl halides is 3. The van der Waals surface area contributed by atoms with E-state index in [1.807, 2.05) is 0 Å². The van der Waals surface area contributed by atoms with Crippen molar-refractivity contribution in [1.29, 1.82) is 5.26 Å². The Bertz CT molecular complexity index is 1530. The zero-order valence-corrected chi connectivity index (χ0v) is 29.7. The molecular weight excluding hydrogens is 655 g/mol. The van der Waals surface area contributed by atoms with Crippen molar-refractivity contribution in [3.8, 4) is 6.07 Å². The van der Waals surface area contributed by atoms with Crippen LogP contribution in [0.1, 0.15) is 127 Å². The van der Waals surface area contributed by atoms with Crippen LogP contribution in [0.5, 0.6) is 0 Å². The summed E-state index contributed by atoms with van der Waals surface area (Å²) in [6.45, 7) is 4.85. The van der Waals surface area contributed by atoms with E-state index < -0.39 is 43.7 Å². The highest BCUT2D eigenvalue weighted by atomic mass is 32.2. The molecular formula is C36H52F3N5O4S. The van der Waals surface area contributed by atoms with E-state index in [0.717, 1.165) is 69.7 Å². The summed E-state index contributed by atoms with van der Waals surface area (Å²) in [4.78, 5) is 12.7. The molecule has 2 N–H and O–H groups in total. The molecule has 1 aromatic carbocycles. The monoisotopic (exact) mass is 707 g/mol. The number of halogens is 3. The SMILES string of the molecule is CCCCCCCCCCNC1(C#N)CC1.Cc1cc(N2C[C@H](S(=O)(=O)c3ccccc3C(F)(F)F)C[C@H]2C(=O)O)n(C2CCCCC2)n1. The number of anilines is 1. The second-order valence-electron chi connectivity index (χ2n) is 13.9. The lowest BCUT2D eigenvalue weighted by molar-refractivity contribution is -0.140. The summed E-state index contributed by atoms with van der Waals surface area (Å²) in [5.41, 5.74) is -0.673. The van der Waals surface area contributed by atoms with E-state index in [1.165, 1.54) is 62.3 Å². The van der Waals surface area contributed by atoms with Crippen LogP contribution in [-0.4, -0.2) is 59.2 Å². The normalized spacial score (nSPS) is 20.8. The molecule has 3 fully saturated rings. The third kappa shape index (κ3) is 10.2. The number of hydrogen-bond donors (Lipinski definition) is 2. The van der Waals surface area contributed by atoms with Crippen LogP contribution in [0, 0.1) is 18.3 Å². The van der Waals surface area contributed by atoms with Crippen LogP contribution >= 0.6 is 0 Å². The molecule has 1 aliphatic heterocycles. The topological polar surface area (TPSA) is 128 Å². The molecule has 0 amide bonds. The number of hydrogen-bond acceptors (Lipinski definition) is 7. The molecule has 0 unspecified atom stereocenters. The van der Waals surface area contributed by atoms with Gasteiger partial charge in [0.1, 0.15) is 17.4 Å². The summed E-state index contributed by atoms with van der Waals surface area (Å²) in [7, 11) is -4.45. The molecule has 2 saturated carbocycles. The van der Waals surface area contributed by atoms with Gasteiger partial charge in [0.15, 0.2) is 9.84 Å². The maximum atomic E-state index is 13.5. The third-order valence-electron chi connectivity index (χ3n) is 10.00. The van der Waals surface area contributed by atoms with Crippen LogP contribution in [0.25, 0.3) is 0 Å². The molecule has 2 aliphatic carbocycles. The summed E-state index contributed by atoms with van der Waals surface area (Å²) >= 11 is 0. The van der Waals surface area contributed by atoms with Gasteiger partial charge in [-0.15, -0.1) is 0 Å². The minimum atomic E-state index is -4.84. The quantitative estimate of drug-likeness (QED) is 0.178. The maximum absolute atomic E-state index is 13.5. The molecule has 0 bridgehead atoms. The van der Waals surface area contributed by atoms with Crippen molar-refractivity contribution in [2.75, 3.05) is 18.0 Å². The molecule has 2 aromatic rings. The van der Waals surface area contributed by atoms with E-state index in [4.69, 9.17) is 5.26 Å². The minimum absolute atomic E-state index is 0.0820. The summed E-state index contributed by atoms with van der Waals surface area (Å²) < 4.78 is 68.9. The van der Waals surface area contributed by atoms with Gasteiger partial charge in [-0.05, 0) is 64.1 Å². The summed E-state index contributed by atoms with van der Waals surface area (Å²) in [5.74, 6) is -0.709. The number of nitrogens with one attached hydrogen (secondary N) is 1. The fourth-order valence-corrected chi connectivity index (χ4v) is 8.90. The molecule has 3 aliphatic rings. The Labute approximate surface area is 289 Å². The number of carbonyl (C=O) groups is 1. The van der Waals surface area contributed by atoms with Gasteiger partial charge in [-0.1, -0.05) is 83.3 Å². The molecule has 272 valence electrons. The van der Waals surface area contributed by atoms with Gasteiger partial charge in [-0.3, -0.25) is 5.32 Å². The summed E-state index contributed by atoms with van der Waals surface area (Å²) in [6.07, 6.45) is 12.8. The van der Waals surface area contributed by atoms with E-state index in [2.05, 4.69) is 23.4 Å². The van der Waals surface area contributed by atoms with Crippen LogP contribution in [0.15, 0.2) is 35.2 Å². The number of nitrogens with zero attached hydrogens (tertiary/aromatic N) is 4. The zero-order valence-electron chi connectivity index (χ0n) is 28.8. The van der Waals surface area contributed by atoms with Crippen LogP contribution in [-0.2, 0) is 20.8 Å². The van der Waals surface area contributed by atoms with E-state index in [1.54, 1.807) is 17.7 Å². The number of aliphatic carboxylic acids is 1. The van der Waals surface area contributed by atoms with Crippen molar-refractivity contribution < 1.29 is 31.5 Å². The highest BCUT2D eigenvalue weighted by Crippen LogP contribution is 2.40. The Hall–Kier alpha value is -3.11. The highest BCUT2D eigenvalue weighted by Gasteiger charge is 2.47. The van der Waals surface area contributed by atoms with Gasteiger partial charge in [0.2, 0.25) is 0 Å². The first-order chi connectivity index (χ1) is 23.3. The van der Waals surface area contributed by atoms with Gasteiger partial charge in [-0.25, -0.2) is 17.9 Å². The highest BCUT2D eigenvalue weighted by molar-refractivity contribution is 7.92. The number of carboxylic acids is 1. The number of rotatable bonds is 15.